The number of nitrogens with one attached hydrogen (secondary N) is 2. The Morgan fingerprint density at radius 2 is 1.66 bits per heavy atom. The molecule has 7 nitrogen and oxygen atoms in total. The Morgan fingerprint density at radius 1 is 1.03 bits per heavy atom. The van der Waals surface area contributed by atoms with Crippen molar-refractivity contribution in [1.29, 1.82) is 0 Å². The van der Waals surface area contributed by atoms with Gasteiger partial charge in [0.05, 0.1) is 7.11 Å². The molecule has 0 aromatic heterocycles. The van der Waals surface area contributed by atoms with Crippen molar-refractivity contribution < 1.29 is 19.1 Å². The molecule has 4 bridgehead atoms. The third kappa shape index (κ3) is 3.76. The van der Waals surface area contributed by atoms with Gasteiger partial charge in [-0.3, -0.25) is 14.5 Å². The smallest absolute Gasteiger partial charge is 0.325 e. The van der Waals surface area contributed by atoms with Crippen LogP contribution in [0.25, 0.3) is 10.8 Å². The van der Waals surface area contributed by atoms with Crippen LogP contribution in [0, 0.1) is 23.2 Å². The van der Waals surface area contributed by atoms with Gasteiger partial charge in [-0.2, -0.15) is 0 Å². The molecule has 1 atom stereocenters. The van der Waals surface area contributed by atoms with Gasteiger partial charge in [0.25, 0.3) is 5.91 Å². The highest BCUT2D eigenvalue weighted by Gasteiger charge is 2.52. The zero-order valence-electron chi connectivity index (χ0n) is 20.4. The molecule has 0 spiro atoms. The Bertz CT molecular complexity index is 1190. The van der Waals surface area contributed by atoms with Crippen molar-refractivity contribution in [2.75, 3.05) is 20.2 Å². The van der Waals surface area contributed by atoms with Gasteiger partial charge in [-0.15, -0.1) is 0 Å². The van der Waals surface area contributed by atoms with Crippen molar-refractivity contribution in [2.24, 2.45) is 23.2 Å². The number of nitrogens with zero attached hydrogens (tertiary/aromatic N) is 1. The van der Waals surface area contributed by atoms with E-state index in [4.69, 9.17) is 4.74 Å². The number of carbonyl (C=O) groups excluding carboxylic acids is 3. The van der Waals surface area contributed by atoms with Gasteiger partial charge in [-0.1, -0.05) is 18.2 Å². The molecule has 7 heteroatoms. The summed E-state index contributed by atoms with van der Waals surface area (Å²) in [5, 5.41) is 7.83. The fourth-order valence-electron chi connectivity index (χ4n) is 7.69. The molecule has 5 aliphatic rings. The number of imide groups is 1. The minimum atomic E-state index is -1.22. The summed E-state index contributed by atoms with van der Waals surface area (Å²) >= 11 is 0. The van der Waals surface area contributed by atoms with Crippen molar-refractivity contribution in [1.82, 2.24) is 15.5 Å². The van der Waals surface area contributed by atoms with Crippen LogP contribution in [0.15, 0.2) is 36.4 Å². The molecule has 184 valence electrons. The Hall–Kier alpha value is -3.09. The van der Waals surface area contributed by atoms with E-state index in [9.17, 15) is 14.4 Å². The minimum Gasteiger partial charge on any atom is -0.497 e. The molecule has 2 aromatic rings. The third-order valence-electron chi connectivity index (χ3n) is 9.03. The van der Waals surface area contributed by atoms with E-state index in [1.807, 2.05) is 36.4 Å². The maximum absolute atomic E-state index is 13.4. The van der Waals surface area contributed by atoms with Crippen molar-refractivity contribution in [3.8, 4) is 5.75 Å². The molecule has 4 saturated carbocycles. The summed E-state index contributed by atoms with van der Waals surface area (Å²) in [6.07, 6.45) is 7.68. The van der Waals surface area contributed by atoms with Gasteiger partial charge in [0, 0.05) is 6.54 Å². The summed E-state index contributed by atoms with van der Waals surface area (Å²) in [5.74, 6) is 2.53. The van der Waals surface area contributed by atoms with Gasteiger partial charge in [0.2, 0.25) is 5.91 Å². The van der Waals surface area contributed by atoms with E-state index in [-0.39, 0.29) is 17.9 Å². The molecule has 5 fully saturated rings. The molecule has 1 aliphatic heterocycles. The zero-order valence-corrected chi connectivity index (χ0v) is 20.4. The normalized spacial score (nSPS) is 33.3. The van der Waals surface area contributed by atoms with Gasteiger partial charge in [-0.25, -0.2) is 4.79 Å². The molecule has 4 aliphatic carbocycles. The van der Waals surface area contributed by atoms with Crippen molar-refractivity contribution in [3.05, 3.63) is 42.0 Å². The molecule has 2 N–H and O–H groups in total. The Morgan fingerprint density at radius 3 is 2.31 bits per heavy atom. The number of urea groups is 1. The molecule has 1 saturated heterocycles. The van der Waals surface area contributed by atoms with Crippen LogP contribution in [-0.4, -0.2) is 42.9 Å². The number of hydrogen-bond acceptors (Lipinski definition) is 4. The maximum atomic E-state index is 13.4. The number of amides is 4. The number of methoxy groups -OCH3 is 1. The summed E-state index contributed by atoms with van der Waals surface area (Å²) in [5.41, 5.74) is -0.319. The molecule has 2 aromatic carbocycles. The fourth-order valence-corrected chi connectivity index (χ4v) is 7.69. The van der Waals surface area contributed by atoms with Gasteiger partial charge < -0.3 is 15.4 Å². The first-order valence-electron chi connectivity index (χ1n) is 12.8. The molecule has 7 rings (SSSR count). The zero-order chi connectivity index (χ0) is 24.4. The van der Waals surface area contributed by atoms with Crippen LogP contribution < -0.4 is 15.4 Å². The van der Waals surface area contributed by atoms with E-state index >= 15 is 0 Å². The standard InChI is InChI=1S/C28H33N3O4/c1-27(22-5-3-21-11-23(35-2)6-4-20(21)10-22)25(33)31(26(34)30-27)15-24(32)29-16-28-12-17-7-18(13-28)9-19(8-17)14-28/h3-6,10-11,17-19H,7-9,12-16H2,1-2H3,(H,29,32)(H,30,34). The Balaban J connectivity index is 1.14. The van der Waals surface area contributed by atoms with Crippen LogP contribution in [-0.2, 0) is 15.1 Å². The Kier molecular flexibility index (Phi) is 5.09. The van der Waals surface area contributed by atoms with Gasteiger partial charge in [0.15, 0.2) is 0 Å². The minimum absolute atomic E-state index is 0.212. The average molecular weight is 476 g/mol. The monoisotopic (exact) mass is 475 g/mol. The predicted octanol–water partition coefficient (Wildman–Crippen LogP) is 3.95. The number of hydrogen-bond donors (Lipinski definition) is 2. The molecule has 35 heavy (non-hydrogen) atoms. The van der Waals surface area contributed by atoms with Crippen LogP contribution in [0.5, 0.6) is 5.75 Å². The van der Waals surface area contributed by atoms with E-state index < -0.39 is 17.5 Å². The first-order valence-corrected chi connectivity index (χ1v) is 12.8. The van der Waals surface area contributed by atoms with E-state index in [1.54, 1.807) is 14.0 Å². The second-order valence-electron chi connectivity index (χ2n) is 11.6. The van der Waals surface area contributed by atoms with Crippen LogP contribution >= 0.6 is 0 Å². The van der Waals surface area contributed by atoms with E-state index in [0.717, 1.165) is 39.2 Å². The van der Waals surface area contributed by atoms with E-state index in [0.29, 0.717) is 12.1 Å². The van der Waals surface area contributed by atoms with Crippen LogP contribution in [0.3, 0.4) is 0 Å². The van der Waals surface area contributed by atoms with Gasteiger partial charge in [-0.05, 0) is 103 Å². The molecular formula is C28H33N3O4. The number of ether oxygens (including phenoxy) is 1. The largest absolute Gasteiger partial charge is 0.497 e. The van der Waals surface area contributed by atoms with E-state index in [1.165, 1.54) is 38.5 Å². The Labute approximate surface area is 205 Å². The number of rotatable bonds is 6. The van der Waals surface area contributed by atoms with Gasteiger partial charge >= 0.3 is 6.03 Å². The number of carbonyl (C=O) groups is 3. The third-order valence-corrected chi connectivity index (χ3v) is 9.03. The second kappa shape index (κ2) is 7.97. The highest BCUT2D eigenvalue weighted by atomic mass is 16.5. The summed E-state index contributed by atoms with van der Waals surface area (Å²) in [6, 6.07) is 10.9. The second-order valence-corrected chi connectivity index (χ2v) is 11.6. The lowest BCUT2D eigenvalue weighted by atomic mass is 9.49. The van der Waals surface area contributed by atoms with Crippen molar-refractivity contribution in [3.63, 3.8) is 0 Å². The highest BCUT2D eigenvalue weighted by molar-refractivity contribution is 6.09. The van der Waals surface area contributed by atoms with Crippen molar-refractivity contribution in [2.45, 2.75) is 51.0 Å². The lowest BCUT2D eigenvalue weighted by molar-refractivity contribution is -0.135. The maximum Gasteiger partial charge on any atom is 0.325 e. The molecule has 4 amide bonds. The molecule has 0 radical (unpaired) electrons. The number of fused-ring (bicyclic) bond motifs is 1. The molecule has 1 unspecified atom stereocenters. The van der Waals surface area contributed by atoms with Gasteiger partial charge in [0.1, 0.15) is 17.8 Å². The summed E-state index contributed by atoms with van der Waals surface area (Å²) in [4.78, 5) is 40.1. The van der Waals surface area contributed by atoms with Crippen LogP contribution in [0.4, 0.5) is 4.79 Å². The average Bonchev–Trinajstić information content (AvgIpc) is 3.05. The topological polar surface area (TPSA) is 87.7 Å². The first kappa shape index (κ1) is 22.4. The SMILES string of the molecule is COc1ccc2cc(C3(C)NC(=O)N(CC(=O)NCC45CC6CC(CC(C6)C4)C5)C3=O)ccc2c1. The lowest BCUT2D eigenvalue weighted by Crippen LogP contribution is -2.52. The first-order chi connectivity index (χ1) is 16.8. The predicted molar refractivity (Wildman–Crippen MR) is 132 cm³/mol. The molecule has 1 heterocycles. The fraction of sp³-hybridized carbons (Fsp3) is 0.536. The van der Waals surface area contributed by atoms with E-state index in [2.05, 4.69) is 10.6 Å². The molecular weight excluding hydrogens is 442 g/mol. The lowest BCUT2D eigenvalue weighted by Gasteiger charge is -2.56. The van der Waals surface area contributed by atoms with Crippen molar-refractivity contribution >= 4 is 28.6 Å². The highest BCUT2D eigenvalue weighted by Crippen LogP contribution is 2.59. The number of benzene rings is 2. The van der Waals surface area contributed by atoms with Crippen LogP contribution in [0.1, 0.15) is 51.0 Å². The summed E-state index contributed by atoms with van der Waals surface area (Å²) in [6.45, 7) is 2.10. The van der Waals surface area contributed by atoms with Crippen LogP contribution in [0.2, 0.25) is 0 Å². The quantitative estimate of drug-likeness (QED) is 0.620. The summed E-state index contributed by atoms with van der Waals surface area (Å²) < 4.78 is 5.29. The summed E-state index contributed by atoms with van der Waals surface area (Å²) in [7, 11) is 1.62.